The third kappa shape index (κ3) is 6.02. The number of halogens is 2. The van der Waals surface area contributed by atoms with Crippen LogP contribution in [0.2, 0.25) is 0 Å². The lowest BCUT2D eigenvalue weighted by molar-refractivity contribution is -0.116. The Balaban J connectivity index is 1.60. The summed E-state index contributed by atoms with van der Waals surface area (Å²) < 4.78 is 15.8. The minimum absolute atomic E-state index is 0.117. The first-order valence-corrected chi connectivity index (χ1v) is 12.0. The molecule has 0 bridgehead atoms. The summed E-state index contributed by atoms with van der Waals surface area (Å²) in [6.45, 7) is 2.27. The zero-order chi connectivity index (χ0) is 24.8. The molecule has 0 saturated carbocycles. The monoisotopic (exact) mass is 534 g/mol. The van der Waals surface area contributed by atoms with Crippen LogP contribution in [0.5, 0.6) is 0 Å². The molecule has 0 fully saturated rings. The maximum Gasteiger partial charge on any atom is 0.254 e. The van der Waals surface area contributed by atoms with Crippen LogP contribution in [0.4, 0.5) is 10.2 Å². The van der Waals surface area contributed by atoms with Gasteiger partial charge in [0.15, 0.2) is 0 Å². The van der Waals surface area contributed by atoms with Crippen LogP contribution in [-0.4, -0.2) is 39.6 Å². The molecule has 1 N–H and O–H groups in total. The Labute approximate surface area is 211 Å². The zero-order valence-electron chi connectivity index (χ0n) is 19.1. The number of amides is 2. The molecule has 0 aliphatic heterocycles. The van der Waals surface area contributed by atoms with Gasteiger partial charge >= 0.3 is 0 Å². The van der Waals surface area contributed by atoms with Crippen molar-refractivity contribution in [2.75, 3.05) is 18.4 Å². The number of nitrogens with one attached hydrogen (secondary N) is 1. The van der Waals surface area contributed by atoms with Crippen LogP contribution in [0.3, 0.4) is 0 Å². The van der Waals surface area contributed by atoms with Gasteiger partial charge in [-0.05, 0) is 48.9 Å². The molecule has 4 aromatic rings. The summed E-state index contributed by atoms with van der Waals surface area (Å²) in [6.07, 6.45) is 0.707. The molecule has 1 aromatic heterocycles. The van der Waals surface area contributed by atoms with Gasteiger partial charge in [-0.25, -0.2) is 9.07 Å². The van der Waals surface area contributed by atoms with E-state index in [2.05, 4.69) is 26.3 Å². The van der Waals surface area contributed by atoms with E-state index in [1.807, 2.05) is 43.3 Å². The summed E-state index contributed by atoms with van der Waals surface area (Å²) in [5.74, 6) is -0.521. The molecule has 2 amide bonds. The Kier molecular flexibility index (Phi) is 7.72. The van der Waals surface area contributed by atoms with Crippen molar-refractivity contribution >= 4 is 33.6 Å². The lowest BCUT2D eigenvalue weighted by atomic mass is 10.1. The molecule has 1 heterocycles. The second-order valence-corrected chi connectivity index (χ2v) is 8.87. The van der Waals surface area contributed by atoms with Gasteiger partial charge in [0.25, 0.3) is 5.91 Å². The van der Waals surface area contributed by atoms with E-state index in [4.69, 9.17) is 0 Å². The van der Waals surface area contributed by atoms with Crippen molar-refractivity contribution in [3.8, 4) is 16.9 Å². The average molecular weight is 535 g/mol. The maximum absolute atomic E-state index is 13.5. The molecule has 0 spiro atoms. The number of aromatic nitrogens is 2. The van der Waals surface area contributed by atoms with Crippen LogP contribution >= 0.6 is 15.9 Å². The summed E-state index contributed by atoms with van der Waals surface area (Å²) in [5, 5.41) is 7.52. The molecule has 0 unspecified atom stereocenters. The molecular weight excluding hydrogens is 511 g/mol. The Morgan fingerprint density at radius 2 is 1.74 bits per heavy atom. The van der Waals surface area contributed by atoms with E-state index in [0.717, 1.165) is 10.0 Å². The van der Waals surface area contributed by atoms with Crippen molar-refractivity contribution in [1.29, 1.82) is 0 Å². The largest absolute Gasteiger partial charge is 0.329 e. The quantitative estimate of drug-likeness (QED) is 0.304. The number of rotatable bonds is 8. The number of nitrogens with zero attached hydrogens (tertiary/aromatic N) is 3. The number of hydrogen-bond donors (Lipinski definition) is 1. The van der Waals surface area contributed by atoms with Gasteiger partial charge in [-0.1, -0.05) is 59.3 Å². The zero-order valence-corrected chi connectivity index (χ0v) is 20.7. The van der Waals surface area contributed by atoms with E-state index in [-0.39, 0.29) is 24.2 Å². The second kappa shape index (κ2) is 11.1. The Hall–Kier alpha value is -3.78. The van der Waals surface area contributed by atoms with Gasteiger partial charge in [0.05, 0.1) is 11.4 Å². The molecule has 8 heteroatoms. The third-order valence-corrected chi connectivity index (χ3v) is 5.80. The predicted molar refractivity (Wildman–Crippen MR) is 138 cm³/mol. The van der Waals surface area contributed by atoms with Crippen molar-refractivity contribution in [3.05, 3.63) is 101 Å². The molecule has 3 aromatic carbocycles. The summed E-state index contributed by atoms with van der Waals surface area (Å²) in [4.78, 5) is 27.6. The number of anilines is 1. The van der Waals surface area contributed by atoms with Crippen LogP contribution < -0.4 is 5.32 Å². The van der Waals surface area contributed by atoms with Crippen LogP contribution in [0.25, 0.3) is 16.9 Å². The highest BCUT2D eigenvalue weighted by Gasteiger charge is 2.20. The SMILES string of the molecule is CCCN(CC(=O)Nc1cc(-c2ccccc2)nn1-c1ccc(F)cc1)C(=O)c1cccc(Br)c1. The fourth-order valence-electron chi connectivity index (χ4n) is 3.68. The van der Waals surface area contributed by atoms with Gasteiger partial charge in [-0.15, -0.1) is 0 Å². The molecule has 4 rings (SSSR count). The topological polar surface area (TPSA) is 67.2 Å². The Morgan fingerprint density at radius 3 is 2.43 bits per heavy atom. The number of carbonyl (C=O) groups is 2. The number of hydrogen-bond acceptors (Lipinski definition) is 3. The highest BCUT2D eigenvalue weighted by Crippen LogP contribution is 2.25. The van der Waals surface area contributed by atoms with Crippen LogP contribution in [0.15, 0.2) is 89.4 Å². The first-order valence-electron chi connectivity index (χ1n) is 11.2. The summed E-state index contributed by atoms with van der Waals surface area (Å²) in [7, 11) is 0. The highest BCUT2D eigenvalue weighted by atomic mass is 79.9. The van der Waals surface area contributed by atoms with Crippen molar-refractivity contribution in [1.82, 2.24) is 14.7 Å². The van der Waals surface area contributed by atoms with E-state index in [0.29, 0.717) is 35.7 Å². The predicted octanol–water partition coefficient (Wildman–Crippen LogP) is 5.93. The normalized spacial score (nSPS) is 10.7. The first-order chi connectivity index (χ1) is 16.9. The summed E-state index contributed by atoms with van der Waals surface area (Å²) >= 11 is 3.39. The molecule has 0 radical (unpaired) electrons. The Morgan fingerprint density at radius 1 is 1.00 bits per heavy atom. The van der Waals surface area contributed by atoms with Gasteiger partial charge in [0.1, 0.15) is 18.2 Å². The fraction of sp³-hybridized carbons (Fsp3) is 0.148. The molecule has 6 nitrogen and oxygen atoms in total. The van der Waals surface area contributed by atoms with Crippen molar-refractivity contribution in [2.24, 2.45) is 0 Å². The van der Waals surface area contributed by atoms with Gasteiger partial charge in [-0.3, -0.25) is 9.59 Å². The average Bonchev–Trinajstić information content (AvgIpc) is 3.28. The third-order valence-electron chi connectivity index (χ3n) is 5.30. The summed E-state index contributed by atoms with van der Waals surface area (Å²) in [6, 6.07) is 24.3. The van der Waals surface area contributed by atoms with Crippen molar-refractivity contribution < 1.29 is 14.0 Å². The molecular formula is C27H24BrFN4O2. The lowest BCUT2D eigenvalue weighted by Gasteiger charge is -2.22. The van der Waals surface area contributed by atoms with Gasteiger partial charge in [-0.2, -0.15) is 5.10 Å². The molecule has 178 valence electrons. The maximum atomic E-state index is 13.5. The first kappa shape index (κ1) is 24.3. The summed E-state index contributed by atoms with van der Waals surface area (Å²) in [5.41, 5.74) is 2.63. The minimum atomic E-state index is -0.365. The Bertz CT molecular complexity index is 1320. The van der Waals surface area contributed by atoms with E-state index in [9.17, 15) is 14.0 Å². The van der Waals surface area contributed by atoms with Gasteiger partial charge < -0.3 is 10.2 Å². The van der Waals surface area contributed by atoms with Gasteiger partial charge in [0, 0.05) is 28.2 Å². The van der Waals surface area contributed by atoms with Crippen LogP contribution in [0, 0.1) is 5.82 Å². The van der Waals surface area contributed by atoms with E-state index in [1.54, 1.807) is 41.1 Å². The molecule has 35 heavy (non-hydrogen) atoms. The van der Waals surface area contributed by atoms with E-state index < -0.39 is 0 Å². The standard InChI is InChI=1S/C27H24BrFN4O2/c1-2-15-32(27(35)20-9-6-10-21(28)16-20)18-26(34)30-25-17-24(19-7-4-3-5-8-19)31-33(25)23-13-11-22(29)12-14-23/h3-14,16-17H,2,15,18H2,1H3,(H,30,34). The second-order valence-electron chi connectivity index (χ2n) is 7.95. The van der Waals surface area contributed by atoms with E-state index >= 15 is 0 Å². The fourth-order valence-corrected chi connectivity index (χ4v) is 4.08. The van der Waals surface area contributed by atoms with Crippen molar-refractivity contribution in [3.63, 3.8) is 0 Å². The van der Waals surface area contributed by atoms with Crippen LogP contribution in [-0.2, 0) is 4.79 Å². The number of benzene rings is 3. The minimum Gasteiger partial charge on any atom is -0.329 e. The van der Waals surface area contributed by atoms with Gasteiger partial charge in [0.2, 0.25) is 5.91 Å². The number of carbonyl (C=O) groups excluding carboxylic acids is 2. The van der Waals surface area contributed by atoms with Crippen LogP contribution in [0.1, 0.15) is 23.7 Å². The smallest absolute Gasteiger partial charge is 0.254 e. The van der Waals surface area contributed by atoms with E-state index in [1.165, 1.54) is 17.0 Å². The highest BCUT2D eigenvalue weighted by molar-refractivity contribution is 9.10. The van der Waals surface area contributed by atoms with Crippen molar-refractivity contribution in [2.45, 2.75) is 13.3 Å². The molecule has 0 aliphatic rings. The molecule has 0 saturated heterocycles. The molecule has 0 aliphatic carbocycles. The lowest BCUT2D eigenvalue weighted by Crippen LogP contribution is -2.38. The molecule has 0 atom stereocenters.